The quantitative estimate of drug-likeness (QED) is 0.629. The Kier molecular flexibility index (Phi) is 5.72. The van der Waals surface area contributed by atoms with Gasteiger partial charge in [-0.1, -0.05) is 12.1 Å². The van der Waals surface area contributed by atoms with Gasteiger partial charge in [-0.15, -0.1) is 0 Å². The number of rotatable bonds is 7. The Bertz CT molecular complexity index is 1010. The van der Waals surface area contributed by atoms with Gasteiger partial charge in [-0.3, -0.25) is 10.1 Å². The van der Waals surface area contributed by atoms with Gasteiger partial charge in [-0.05, 0) is 61.9 Å². The molecule has 1 aliphatic rings. The van der Waals surface area contributed by atoms with Crippen LogP contribution in [-0.4, -0.2) is 35.4 Å². The molecule has 1 atom stereocenters. The van der Waals surface area contributed by atoms with Gasteiger partial charge in [0.05, 0.1) is 25.5 Å². The van der Waals surface area contributed by atoms with Gasteiger partial charge in [0.2, 0.25) is 0 Å². The van der Waals surface area contributed by atoms with Crippen LogP contribution in [0.1, 0.15) is 36.1 Å². The van der Waals surface area contributed by atoms with Crippen molar-refractivity contribution in [1.82, 2.24) is 20.4 Å². The van der Waals surface area contributed by atoms with E-state index >= 15 is 0 Å². The molecule has 1 aromatic heterocycles. The third kappa shape index (κ3) is 4.31. The van der Waals surface area contributed by atoms with E-state index in [0.29, 0.717) is 18.8 Å². The van der Waals surface area contributed by atoms with Crippen LogP contribution in [0, 0.1) is 0 Å². The number of carbonyl (C=O) groups is 1. The number of ether oxygens (including phenoxy) is 2. The topological polar surface area (TPSA) is 77.4 Å². The standard InChI is InChI=1S/C23H26N4O3/c1-15(2)30-19-8-4-16(5-9-19)13-24-22-14-25-23(28)21-12-20(26-27(21)22)17-6-10-18(29-3)11-7-17/h4-12,15,22,24H,13-14H2,1-3H3,(H,25,28)/t22-/m0/s1. The maximum Gasteiger partial charge on any atom is 0.269 e. The van der Waals surface area contributed by atoms with Crippen molar-refractivity contribution in [3.8, 4) is 22.8 Å². The number of carbonyl (C=O) groups excluding carboxylic acids is 1. The number of amides is 1. The average molecular weight is 406 g/mol. The molecule has 7 heteroatoms. The monoisotopic (exact) mass is 406 g/mol. The van der Waals surface area contributed by atoms with E-state index in [1.807, 2.05) is 68.4 Å². The smallest absolute Gasteiger partial charge is 0.269 e. The third-order valence-electron chi connectivity index (χ3n) is 4.94. The van der Waals surface area contributed by atoms with Crippen LogP contribution < -0.4 is 20.1 Å². The maximum atomic E-state index is 12.3. The Labute approximate surface area is 176 Å². The van der Waals surface area contributed by atoms with Crippen molar-refractivity contribution in [2.45, 2.75) is 32.7 Å². The number of nitrogens with zero attached hydrogens (tertiary/aromatic N) is 2. The lowest BCUT2D eigenvalue weighted by Crippen LogP contribution is -2.45. The first kappa shape index (κ1) is 20.0. The lowest BCUT2D eigenvalue weighted by Gasteiger charge is -2.25. The molecule has 0 fully saturated rings. The molecule has 3 aromatic rings. The van der Waals surface area contributed by atoms with Crippen LogP contribution in [0.25, 0.3) is 11.3 Å². The molecule has 4 rings (SSSR count). The van der Waals surface area contributed by atoms with E-state index in [-0.39, 0.29) is 18.2 Å². The minimum Gasteiger partial charge on any atom is -0.497 e. The molecule has 0 radical (unpaired) electrons. The highest BCUT2D eigenvalue weighted by molar-refractivity contribution is 5.94. The summed E-state index contributed by atoms with van der Waals surface area (Å²) in [7, 11) is 1.63. The fourth-order valence-electron chi connectivity index (χ4n) is 3.42. The summed E-state index contributed by atoms with van der Waals surface area (Å²) in [5.74, 6) is 1.53. The van der Waals surface area contributed by atoms with E-state index < -0.39 is 0 Å². The number of nitrogens with one attached hydrogen (secondary N) is 2. The molecule has 156 valence electrons. The minimum absolute atomic E-state index is 0.115. The summed E-state index contributed by atoms with van der Waals surface area (Å²) >= 11 is 0. The Morgan fingerprint density at radius 3 is 2.50 bits per heavy atom. The van der Waals surface area contributed by atoms with Crippen molar-refractivity contribution in [2.75, 3.05) is 13.7 Å². The maximum absolute atomic E-state index is 12.3. The van der Waals surface area contributed by atoms with Crippen LogP contribution in [0.4, 0.5) is 0 Å². The molecule has 2 N–H and O–H groups in total. The Morgan fingerprint density at radius 2 is 1.83 bits per heavy atom. The lowest BCUT2D eigenvalue weighted by atomic mass is 10.1. The van der Waals surface area contributed by atoms with Gasteiger partial charge in [0, 0.05) is 12.1 Å². The number of methoxy groups -OCH3 is 1. The summed E-state index contributed by atoms with van der Waals surface area (Å²) in [6.45, 7) is 5.15. The van der Waals surface area contributed by atoms with E-state index in [2.05, 4.69) is 10.6 Å². The molecule has 0 saturated carbocycles. The highest BCUT2D eigenvalue weighted by atomic mass is 16.5. The van der Waals surface area contributed by atoms with E-state index in [9.17, 15) is 4.79 Å². The van der Waals surface area contributed by atoms with E-state index in [0.717, 1.165) is 28.3 Å². The number of hydrogen-bond donors (Lipinski definition) is 2. The zero-order chi connectivity index (χ0) is 21.1. The molecule has 0 bridgehead atoms. The molecule has 0 saturated heterocycles. The molecule has 1 aliphatic heterocycles. The predicted octanol–water partition coefficient (Wildman–Crippen LogP) is 3.38. The highest BCUT2D eigenvalue weighted by Gasteiger charge is 2.27. The number of hydrogen-bond acceptors (Lipinski definition) is 5. The van der Waals surface area contributed by atoms with E-state index in [1.165, 1.54) is 0 Å². The second-order valence-electron chi connectivity index (χ2n) is 7.51. The second kappa shape index (κ2) is 8.59. The summed E-state index contributed by atoms with van der Waals surface area (Å²) in [4.78, 5) is 12.3. The van der Waals surface area contributed by atoms with Crippen LogP contribution in [0.5, 0.6) is 11.5 Å². The Morgan fingerprint density at radius 1 is 1.13 bits per heavy atom. The van der Waals surface area contributed by atoms with E-state index in [1.54, 1.807) is 11.8 Å². The summed E-state index contributed by atoms with van der Waals surface area (Å²) in [5, 5.41) is 11.1. The number of aromatic nitrogens is 2. The Hall–Kier alpha value is -3.32. The van der Waals surface area contributed by atoms with Crippen LogP contribution in [0.3, 0.4) is 0 Å². The van der Waals surface area contributed by atoms with Crippen LogP contribution in [0.2, 0.25) is 0 Å². The lowest BCUT2D eigenvalue weighted by molar-refractivity contribution is 0.0900. The average Bonchev–Trinajstić information content (AvgIpc) is 3.21. The van der Waals surface area contributed by atoms with Gasteiger partial charge in [0.25, 0.3) is 5.91 Å². The third-order valence-corrected chi connectivity index (χ3v) is 4.94. The fourth-order valence-corrected chi connectivity index (χ4v) is 3.42. The molecular formula is C23H26N4O3. The molecule has 0 aliphatic carbocycles. The summed E-state index contributed by atoms with van der Waals surface area (Å²) < 4.78 is 12.7. The summed E-state index contributed by atoms with van der Waals surface area (Å²) in [5.41, 5.74) is 3.37. The van der Waals surface area contributed by atoms with Crippen LogP contribution >= 0.6 is 0 Å². The van der Waals surface area contributed by atoms with Gasteiger partial charge >= 0.3 is 0 Å². The van der Waals surface area contributed by atoms with E-state index in [4.69, 9.17) is 14.6 Å². The van der Waals surface area contributed by atoms with Crippen molar-refractivity contribution in [1.29, 1.82) is 0 Å². The largest absolute Gasteiger partial charge is 0.497 e. The number of fused-ring (bicyclic) bond motifs is 1. The van der Waals surface area contributed by atoms with Crippen molar-refractivity contribution in [3.63, 3.8) is 0 Å². The van der Waals surface area contributed by atoms with Gasteiger partial charge in [-0.25, -0.2) is 4.68 Å². The normalized spacial score (nSPS) is 15.6. The highest BCUT2D eigenvalue weighted by Crippen LogP contribution is 2.25. The molecule has 7 nitrogen and oxygen atoms in total. The second-order valence-corrected chi connectivity index (χ2v) is 7.51. The molecule has 1 amide bonds. The van der Waals surface area contributed by atoms with Gasteiger partial charge in [-0.2, -0.15) is 5.10 Å². The molecular weight excluding hydrogens is 380 g/mol. The van der Waals surface area contributed by atoms with Crippen molar-refractivity contribution in [3.05, 3.63) is 65.9 Å². The molecule has 30 heavy (non-hydrogen) atoms. The minimum atomic E-state index is -0.128. The number of benzene rings is 2. The molecule has 0 unspecified atom stereocenters. The Balaban J connectivity index is 1.49. The van der Waals surface area contributed by atoms with Gasteiger partial charge < -0.3 is 14.8 Å². The van der Waals surface area contributed by atoms with Crippen LogP contribution in [-0.2, 0) is 6.54 Å². The zero-order valence-electron chi connectivity index (χ0n) is 17.4. The van der Waals surface area contributed by atoms with Crippen molar-refractivity contribution >= 4 is 5.91 Å². The first-order chi connectivity index (χ1) is 14.5. The molecule has 2 aromatic carbocycles. The van der Waals surface area contributed by atoms with Crippen molar-refractivity contribution < 1.29 is 14.3 Å². The van der Waals surface area contributed by atoms with Gasteiger partial charge in [0.15, 0.2) is 0 Å². The summed E-state index contributed by atoms with van der Waals surface area (Å²) in [6, 6.07) is 17.5. The van der Waals surface area contributed by atoms with Gasteiger partial charge in [0.1, 0.15) is 23.4 Å². The van der Waals surface area contributed by atoms with Crippen LogP contribution in [0.15, 0.2) is 54.6 Å². The first-order valence-electron chi connectivity index (χ1n) is 10.0. The van der Waals surface area contributed by atoms with Crippen molar-refractivity contribution in [2.24, 2.45) is 0 Å². The molecule has 2 heterocycles. The molecule has 0 spiro atoms. The summed E-state index contributed by atoms with van der Waals surface area (Å²) in [6.07, 6.45) is 0.0225. The first-order valence-corrected chi connectivity index (χ1v) is 10.0. The SMILES string of the molecule is COc1ccc(-c2cc3n(n2)[C@H](NCc2ccc(OC(C)C)cc2)CNC3=O)cc1. The fraction of sp³-hybridized carbons (Fsp3) is 0.304. The zero-order valence-corrected chi connectivity index (χ0v) is 17.4. The predicted molar refractivity (Wildman–Crippen MR) is 115 cm³/mol.